The van der Waals surface area contributed by atoms with Crippen LogP contribution in [0.4, 0.5) is 13.2 Å². The van der Waals surface area contributed by atoms with Crippen LogP contribution >= 0.6 is 0 Å². The van der Waals surface area contributed by atoms with E-state index in [4.69, 9.17) is 0 Å². The van der Waals surface area contributed by atoms with Crippen LogP contribution in [0, 0.1) is 5.92 Å². The number of nitrogens with zero attached hydrogens (tertiary/aromatic N) is 2. The van der Waals surface area contributed by atoms with Gasteiger partial charge in [-0.3, -0.25) is 9.59 Å². The van der Waals surface area contributed by atoms with Crippen LogP contribution in [0.15, 0.2) is 0 Å². The van der Waals surface area contributed by atoms with Crippen molar-refractivity contribution >= 4 is 11.8 Å². The zero-order valence-electron chi connectivity index (χ0n) is 11.7. The predicted octanol–water partition coefficient (Wildman–Crippen LogP) is 0.465. The van der Waals surface area contributed by atoms with Crippen LogP contribution in [0.3, 0.4) is 0 Å². The van der Waals surface area contributed by atoms with Gasteiger partial charge in [0.1, 0.15) is 13.1 Å². The zero-order chi connectivity index (χ0) is 15.3. The Hall–Kier alpha value is -1.31. The summed E-state index contributed by atoms with van der Waals surface area (Å²) < 4.78 is 37.7. The highest BCUT2D eigenvalue weighted by atomic mass is 19.4. The molecule has 20 heavy (non-hydrogen) atoms. The van der Waals surface area contributed by atoms with Crippen molar-refractivity contribution in [3.63, 3.8) is 0 Å². The molecule has 0 aromatic rings. The summed E-state index contributed by atoms with van der Waals surface area (Å²) >= 11 is 0. The molecule has 0 radical (unpaired) electrons. The Kier molecular flexibility index (Phi) is 5.79. The van der Waals surface area contributed by atoms with Gasteiger partial charge in [-0.2, -0.15) is 13.2 Å². The molecule has 1 rings (SSSR count). The van der Waals surface area contributed by atoms with Crippen molar-refractivity contribution in [3.8, 4) is 0 Å². The molecule has 0 bridgehead atoms. The first-order chi connectivity index (χ1) is 9.20. The third-order valence-electron chi connectivity index (χ3n) is 3.20. The summed E-state index contributed by atoms with van der Waals surface area (Å²) in [6.45, 7) is -0.694. The van der Waals surface area contributed by atoms with Crippen LogP contribution in [0.1, 0.15) is 12.8 Å². The fourth-order valence-electron chi connectivity index (χ4n) is 2.06. The van der Waals surface area contributed by atoms with Gasteiger partial charge in [-0.15, -0.1) is 0 Å². The van der Waals surface area contributed by atoms with Crippen LogP contribution in [0.5, 0.6) is 0 Å². The van der Waals surface area contributed by atoms with Crippen LogP contribution in [0.25, 0.3) is 0 Å². The van der Waals surface area contributed by atoms with Gasteiger partial charge in [0.2, 0.25) is 11.8 Å². The molecule has 1 aliphatic heterocycles. The maximum Gasteiger partial charge on any atom is 0.406 e. The van der Waals surface area contributed by atoms with Gasteiger partial charge in [-0.05, 0) is 25.9 Å². The van der Waals surface area contributed by atoms with E-state index in [2.05, 4.69) is 5.32 Å². The Morgan fingerprint density at radius 1 is 1.20 bits per heavy atom. The molecule has 1 N–H and O–H groups in total. The minimum atomic E-state index is -4.50. The van der Waals surface area contributed by atoms with Gasteiger partial charge in [0.15, 0.2) is 0 Å². The number of halogens is 3. The number of rotatable bonds is 4. The Morgan fingerprint density at radius 2 is 1.75 bits per heavy atom. The molecule has 0 atom stereocenters. The van der Waals surface area contributed by atoms with E-state index < -0.39 is 37.0 Å². The quantitative estimate of drug-likeness (QED) is 0.820. The summed E-state index contributed by atoms with van der Waals surface area (Å²) in [6.07, 6.45) is -3.50. The van der Waals surface area contributed by atoms with Crippen molar-refractivity contribution in [1.29, 1.82) is 0 Å². The second kappa shape index (κ2) is 6.92. The fraction of sp³-hybridized carbons (Fsp3) is 0.833. The number of amides is 2. The van der Waals surface area contributed by atoms with Crippen molar-refractivity contribution < 1.29 is 22.8 Å². The van der Waals surface area contributed by atoms with Gasteiger partial charge in [0.25, 0.3) is 0 Å². The molecule has 0 aliphatic carbocycles. The number of carbonyl (C=O) groups excluding carboxylic acids is 2. The van der Waals surface area contributed by atoms with Crippen LogP contribution in [0.2, 0.25) is 0 Å². The van der Waals surface area contributed by atoms with E-state index in [0.717, 1.165) is 0 Å². The molecule has 0 aromatic heterocycles. The van der Waals surface area contributed by atoms with Crippen molar-refractivity contribution in [3.05, 3.63) is 0 Å². The lowest BCUT2D eigenvalue weighted by Gasteiger charge is -2.30. The van der Waals surface area contributed by atoms with E-state index in [9.17, 15) is 22.8 Å². The number of alkyl halides is 3. The van der Waals surface area contributed by atoms with Gasteiger partial charge in [-0.25, -0.2) is 0 Å². The van der Waals surface area contributed by atoms with Crippen LogP contribution in [-0.4, -0.2) is 68.1 Å². The Labute approximate surface area is 116 Å². The first-order valence-electron chi connectivity index (χ1n) is 6.47. The highest BCUT2D eigenvalue weighted by Crippen LogP contribution is 2.21. The molecular formula is C12H20F3N3O2. The van der Waals surface area contributed by atoms with E-state index in [1.807, 2.05) is 0 Å². The summed E-state index contributed by atoms with van der Waals surface area (Å²) in [6, 6.07) is 0. The molecule has 5 nitrogen and oxygen atoms in total. The summed E-state index contributed by atoms with van der Waals surface area (Å²) in [7, 11) is 2.90. The van der Waals surface area contributed by atoms with E-state index in [0.29, 0.717) is 30.8 Å². The molecular weight excluding hydrogens is 275 g/mol. The van der Waals surface area contributed by atoms with E-state index in [-0.39, 0.29) is 0 Å². The van der Waals surface area contributed by atoms with Crippen molar-refractivity contribution in [2.75, 3.05) is 40.3 Å². The number of likely N-dealkylation sites (N-methyl/N-ethyl adjacent to an activating group) is 1. The number of nitrogens with one attached hydrogen (secondary N) is 1. The number of carbonyl (C=O) groups is 2. The van der Waals surface area contributed by atoms with Gasteiger partial charge >= 0.3 is 6.18 Å². The zero-order valence-corrected chi connectivity index (χ0v) is 11.7. The molecule has 1 fully saturated rings. The Balaban J connectivity index is 2.74. The number of piperidine rings is 1. The Bertz CT molecular complexity index is 352. The highest BCUT2D eigenvalue weighted by molar-refractivity contribution is 5.85. The highest BCUT2D eigenvalue weighted by Gasteiger charge is 2.36. The molecule has 1 aliphatic rings. The maximum absolute atomic E-state index is 12.6. The molecule has 116 valence electrons. The molecule has 0 unspecified atom stereocenters. The SMILES string of the molecule is CN(C)C(=O)CN(CC(F)(F)F)C(=O)C1CCNCC1. The van der Waals surface area contributed by atoms with Gasteiger partial charge < -0.3 is 15.1 Å². The third kappa shape index (κ3) is 5.36. The average molecular weight is 295 g/mol. The molecule has 1 heterocycles. The van der Waals surface area contributed by atoms with Crippen LogP contribution in [-0.2, 0) is 9.59 Å². The monoisotopic (exact) mass is 295 g/mol. The summed E-state index contributed by atoms with van der Waals surface area (Å²) in [5.41, 5.74) is 0. The van der Waals surface area contributed by atoms with Crippen molar-refractivity contribution in [1.82, 2.24) is 15.1 Å². The van der Waals surface area contributed by atoms with Crippen molar-refractivity contribution in [2.45, 2.75) is 19.0 Å². The van der Waals surface area contributed by atoms with E-state index >= 15 is 0 Å². The first-order valence-corrected chi connectivity index (χ1v) is 6.47. The van der Waals surface area contributed by atoms with Gasteiger partial charge in [-0.1, -0.05) is 0 Å². The smallest absolute Gasteiger partial charge is 0.347 e. The van der Waals surface area contributed by atoms with Gasteiger partial charge in [0.05, 0.1) is 0 Å². The molecule has 0 spiro atoms. The first kappa shape index (κ1) is 16.7. The summed E-state index contributed by atoms with van der Waals surface area (Å²) in [5.74, 6) is -1.54. The van der Waals surface area contributed by atoms with Gasteiger partial charge in [0, 0.05) is 20.0 Å². The summed E-state index contributed by atoms with van der Waals surface area (Å²) in [4.78, 5) is 25.5. The topological polar surface area (TPSA) is 52.7 Å². The fourth-order valence-corrected chi connectivity index (χ4v) is 2.06. The lowest BCUT2D eigenvalue weighted by molar-refractivity contribution is -0.166. The van der Waals surface area contributed by atoms with Crippen molar-refractivity contribution in [2.24, 2.45) is 5.92 Å². The minimum Gasteiger partial charge on any atom is -0.347 e. The number of hydrogen-bond donors (Lipinski definition) is 1. The standard InChI is InChI=1S/C12H20F3N3O2/c1-17(2)10(19)7-18(8-12(13,14)15)11(20)9-3-5-16-6-4-9/h9,16H,3-8H2,1-2H3. The normalized spacial score (nSPS) is 16.9. The lowest BCUT2D eigenvalue weighted by Crippen LogP contribution is -2.48. The molecule has 2 amide bonds. The van der Waals surface area contributed by atoms with E-state index in [1.54, 1.807) is 0 Å². The third-order valence-corrected chi connectivity index (χ3v) is 3.20. The van der Waals surface area contributed by atoms with E-state index in [1.165, 1.54) is 19.0 Å². The largest absolute Gasteiger partial charge is 0.406 e. The molecule has 0 saturated carbocycles. The predicted molar refractivity (Wildman–Crippen MR) is 66.9 cm³/mol. The molecule has 8 heteroatoms. The maximum atomic E-state index is 12.6. The average Bonchev–Trinajstić information content (AvgIpc) is 2.36. The molecule has 1 saturated heterocycles. The summed E-state index contributed by atoms with van der Waals surface area (Å²) in [5, 5.41) is 3.05. The van der Waals surface area contributed by atoms with Crippen LogP contribution < -0.4 is 5.32 Å². The minimum absolute atomic E-state index is 0.437. The second-order valence-corrected chi connectivity index (χ2v) is 5.12. The second-order valence-electron chi connectivity index (χ2n) is 5.12. The lowest BCUT2D eigenvalue weighted by atomic mass is 9.96. The number of hydrogen-bond acceptors (Lipinski definition) is 3. The Morgan fingerprint density at radius 3 is 2.20 bits per heavy atom. The molecule has 0 aromatic carbocycles.